The van der Waals surface area contributed by atoms with Gasteiger partial charge >= 0.3 is 5.97 Å². The Morgan fingerprint density at radius 1 is 1.44 bits per heavy atom. The van der Waals surface area contributed by atoms with Crippen LogP contribution in [0.4, 0.5) is 0 Å². The van der Waals surface area contributed by atoms with Gasteiger partial charge in [-0.25, -0.2) is 0 Å². The predicted octanol–water partition coefficient (Wildman–Crippen LogP) is 2.96. The summed E-state index contributed by atoms with van der Waals surface area (Å²) in [6.07, 6.45) is 2.32. The Bertz CT molecular complexity index is 504. The van der Waals surface area contributed by atoms with Crippen LogP contribution >= 0.6 is 0 Å². The zero-order valence-corrected chi connectivity index (χ0v) is 10.8. The van der Waals surface area contributed by atoms with Crippen LogP contribution in [0.3, 0.4) is 0 Å². The molecule has 0 heterocycles. The van der Waals surface area contributed by atoms with E-state index in [9.17, 15) is 9.59 Å². The van der Waals surface area contributed by atoms with Crippen LogP contribution in [0, 0.1) is 0 Å². The van der Waals surface area contributed by atoms with Gasteiger partial charge in [-0.1, -0.05) is 32.4 Å². The fourth-order valence-electron chi connectivity index (χ4n) is 2.83. The molecule has 0 saturated heterocycles. The second kappa shape index (κ2) is 4.56. The summed E-state index contributed by atoms with van der Waals surface area (Å²) < 4.78 is 0. The molecule has 1 N–H and O–H groups in total. The third-order valence-electron chi connectivity index (χ3n) is 3.67. The Morgan fingerprint density at radius 2 is 2.17 bits per heavy atom. The summed E-state index contributed by atoms with van der Waals surface area (Å²) in [5, 5.41) is 8.98. The largest absolute Gasteiger partial charge is 0.481 e. The molecule has 0 amide bonds. The summed E-state index contributed by atoms with van der Waals surface area (Å²) >= 11 is 0. The van der Waals surface area contributed by atoms with Crippen molar-refractivity contribution in [3.05, 3.63) is 34.9 Å². The zero-order chi connectivity index (χ0) is 13.3. The maximum absolute atomic E-state index is 12.0. The van der Waals surface area contributed by atoms with Gasteiger partial charge in [0.1, 0.15) is 0 Å². The molecule has 3 nitrogen and oxygen atoms in total. The first-order valence-electron chi connectivity index (χ1n) is 6.34. The van der Waals surface area contributed by atoms with Crippen molar-refractivity contribution in [2.75, 3.05) is 0 Å². The molecule has 0 bridgehead atoms. The maximum Gasteiger partial charge on any atom is 0.304 e. The number of fused-ring (bicyclic) bond motifs is 1. The number of hydrogen-bond donors (Lipinski definition) is 1. The van der Waals surface area contributed by atoms with Gasteiger partial charge in [0.05, 0.1) is 6.42 Å². The highest BCUT2D eigenvalue weighted by Crippen LogP contribution is 2.41. The number of carboxylic acids is 1. The molecule has 1 aliphatic carbocycles. The fourth-order valence-corrected chi connectivity index (χ4v) is 2.83. The maximum atomic E-state index is 12.0. The Balaban J connectivity index is 2.41. The second-order valence-electron chi connectivity index (χ2n) is 5.36. The lowest BCUT2D eigenvalue weighted by molar-refractivity contribution is -0.138. The number of Topliss-reactive ketones (excluding diaryl/α,β-unsaturated/α-hetero) is 1. The molecule has 3 heteroatoms. The Hall–Kier alpha value is -1.64. The molecule has 1 atom stereocenters. The number of ketones is 1. The van der Waals surface area contributed by atoms with Crippen molar-refractivity contribution in [2.24, 2.45) is 0 Å². The first-order chi connectivity index (χ1) is 8.46. The van der Waals surface area contributed by atoms with E-state index in [2.05, 4.69) is 6.92 Å². The van der Waals surface area contributed by atoms with E-state index in [0.717, 1.165) is 29.5 Å². The van der Waals surface area contributed by atoms with Crippen LogP contribution in [-0.2, 0) is 16.6 Å². The molecule has 2 rings (SSSR count). The van der Waals surface area contributed by atoms with Crippen molar-refractivity contribution in [1.29, 1.82) is 0 Å². The molecule has 0 spiro atoms. The van der Waals surface area contributed by atoms with Crippen LogP contribution in [0.5, 0.6) is 0 Å². The van der Waals surface area contributed by atoms with E-state index < -0.39 is 11.4 Å². The summed E-state index contributed by atoms with van der Waals surface area (Å²) in [6.45, 7) is 3.97. The SMILES string of the molecule is CCCc1ccc2c(c1)C(=O)CC2(C)CC(=O)O. The first-order valence-corrected chi connectivity index (χ1v) is 6.34. The number of rotatable bonds is 4. The van der Waals surface area contributed by atoms with Gasteiger partial charge in [0, 0.05) is 17.4 Å². The van der Waals surface area contributed by atoms with E-state index in [4.69, 9.17) is 5.11 Å². The molecule has 0 saturated carbocycles. The lowest BCUT2D eigenvalue weighted by Gasteiger charge is -2.22. The average Bonchev–Trinajstić information content (AvgIpc) is 2.50. The van der Waals surface area contributed by atoms with Crippen molar-refractivity contribution in [2.45, 2.75) is 44.9 Å². The fraction of sp³-hybridized carbons (Fsp3) is 0.467. The van der Waals surface area contributed by atoms with Gasteiger partial charge in [-0.05, 0) is 23.6 Å². The minimum absolute atomic E-state index is 0.0128. The molecule has 1 aromatic carbocycles. The molecule has 1 aromatic rings. The van der Waals surface area contributed by atoms with E-state index in [1.54, 1.807) is 0 Å². The van der Waals surface area contributed by atoms with Crippen molar-refractivity contribution < 1.29 is 14.7 Å². The molecular weight excluding hydrogens is 228 g/mol. The molecule has 96 valence electrons. The minimum Gasteiger partial charge on any atom is -0.481 e. The quantitative estimate of drug-likeness (QED) is 0.888. The predicted molar refractivity (Wildman–Crippen MR) is 69.0 cm³/mol. The average molecular weight is 246 g/mol. The molecule has 18 heavy (non-hydrogen) atoms. The summed E-state index contributed by atoms with van der Waals surface area (Å²) in [4.78, 5) is 23.0. The van der Waals surface area contributed by atoms with E-state index in [-0.39, 0.29) is 12.2 Å². The lowest BCUT2D eigenvalue weighted by Crippen LogP contribution is -2.23. The van der Waals surface area contributed by atoms with E-state index in [1.165, 1.54) is 0 Å². The molecule has 1 aliphatic rings. The highest BCUT2D eigenvalue weighted by molar-refractivity contribution is 6.02. The van der Waals surface area contributed by atoms with Gasteiger partial charge in [0.25, 0.3) is 0 Å². The smallest absolute Gasteiger partial charge is 0.304 e. The van der Waals surface area contributed by atoms with Crippen LogP contribution in [0.25, 0.3) is 0 Å². The summed E-state index contributed by atoms with van der Waals surface area (Å²) in [7, 11) is 0. The van der Waals surface area contributed by atoms with Gasteiger partial charge in [0.15, 0.2) is 5.78 Å². The monoisotopic (exact) mass is 246 g/mol. The number of carbonyl (C=O) groups excluding carboxylic acids is 1. The normalized spacial score (nSPS) is 22.0. The van der Waals surface area contributed by atoms with Crippen molar-refractivity contribution >= 4 is 11.8 Å². The number of carboxylic acid groups (broad SMARTS) is 1. The molecule has 0 aromatic heterocycles. The van der Waals surface area contributed by atoms with Gasteiger partial charge < -0.3 is 5.11 Å². The first kappa shape index (κ1) is 12.8. The van der Waals surface area contributed by atoms with Crippen LogP contribution in [0.2, 0.25) is 0 Å². The van der Waals surface area contributed by atoms with Crippen molar-refractivity contribution in [3.63, 3.8) is 0 Å². The summed E-state index contributed by atoms with van der Waals surface area (Å²) in [5.74, 6) is -0.775. The number of aryl methyl sites for hydroxylation is 1. The highest BCUT2D eigenvalue weighted by atomic mass is 16.4. The number of benzene rings is 1. The number of hydrogen-bond acceptors (Lipinski definition) is 2. The second-order valence-corrected chi connectivity index (χ2v) is 5.36. The van der Waals surface area contributed by atoms with E-state index in [1.807, 2.05) is 25.1 Å². The van der Waals surface area contributed by atoms with Crippen molar-refractivity contribution in [3.8, 4) is 0 Å². The Labute approximate surface area is 107 Å². The third kappa shape index (κ3) is 2.17. The molecule has 1 unspecified atom stereocenters. The van der Waals surface area contributed by atoms with Crippen LogP contribution in [-0.4, -0.2) is 16.9 Å². The molecule has 0 fully saturated rings. The van der Waals surface area contributed by atoms with E-state index in [0.29, 0.717) is 6.42 Å². The third-order valence-corrected chi connectivity index (χ3v) is 3.67. The van der Waals surface area contributed by atoms with Gasteiger partial charge in [0.2, 0.25) is 0 Å². The standard InChI is InChI=1S/C15H18O3/c1-3-4-10-5-6-12-11(7-10)13(16)8-15(12,2)9-14(17)18/h5-7H,3-4,8-9H2,1-2H3,(H,17,18). The van der Waals surface area contributed by atoms with Crippen LogP contribution in [0.15, 0.2) is 18.2 Å². The summed E-state index contributed by atoms with van der Waals surface area (Å²) in [6, 6.07) is 5.89. The molecular formula is C15H18O3. The van der Waals surface area contributed by atoms with Crippen LogP contribution in [0.1, 0.15) is 54.6 Å². The van der Waals surface area contributed by atoms with Gasteiger partial charge in [-0.3, -0.25) is 9.59 Å². The van der Waals surface area contributed by atoms with Crippen LogP contribution < -0.4 is 0 Å². The molecule has 0 aliphatic heterocycles. The molecule has 0 radical (unpaired) electrons. The highest BCUT2D eigenvalue weighted by Gasteiger charge is 2.41. The Morgan fingerprint density at radius 3 is 2.78 bits per heavy atom. The minimum atomic E-state index is -0.851. The van der Waals surface area contributed by atoms with Crippen molar-refractivity contribution in [1.82, 2.24) is 0 Å². The zero-order valence-electron chi connectivity index (χ0n) is 10.8. The lowest BCUT2D eigenvalue weighted by atomic mass is 9.80. The number of carbonyl (C=O) groups is 2. The number of aliphatic carboxylic acids is 1. The topological polar surface area (TPSA) is 54.4 Å². The van der Waals surface area contributed by atoms with Gasteiger partial charge in [-0.15, -0.1) is 0 Å². The summed E-state index contributed by atoms with van der Waals surface area (Å²) in [5.41, 5.74) is 2.24. The van der Waals surface area contributed by atoms with E-state index >= 15 is 0 Å². The van der Waals surface area contributed by atoms with Gasteiger partial charge in [-0.2, -0.15) is 0 Å². The Kier molecular flexibility index (Phi) is 3.24.